The lowest BCUT2D eigenvalue weighted by molar-refractivity contribution is -0.0512. The van der Waals surface area contributed by atoms with Gasteiger partial charge in [-0.3, -0.25) is 4.90 Å². The molecule has 0 bridgehead atoms. The highest BCUT2D eigenvalue weighted by atomic mass is 32.1. The molecule has 2 aromatic heterocycles. The molecule has 3 rings (SSSR count). The van der Waals surface area contributed by atoms with Gasteiger partial charge in [-0.1, -0.05) is 5.16 Å². The van der Waals surface area contributed by atoms with Gasteiger partial charge in [-0.25, -0.2) is 4.98 Å². The molecular weight excluding hydrogens is 378 g/mol. The molecule has 10 heteroatoms. The Bertz CT molecular complexity index is 900. The van der Waals surface area contributed by atoms with Crippen LogP contribution >= 0.6 is 11.3 Å². The number of methoxy groups -OCH3 is 1. The van der Waals surface area contributed by atoms with Gasteiger partial charge in [-0.2, -0.15) is 13.8 Å². The number of nitrogens with zero attached hydrogens (tertiary/aromatic N) is 4. The van der Waals surface area contributed by atoms with E-state index >= 15 is 0 Å². The van der Waals surface area contributed by atoms with Crippen LogP contribution in [0.4, 0.5) is 8.78 Å². The highest BCUT2D eigenvalue weighted by Crippen LogP contribution is 2.32. The normalized spacial score (nSPS) is 11.4. The summed E-state index contributed by atoms with van der Waals surface area (Å²) in [7, 11) is 3.30. The molecule has 1 aromatic carbocycles. The Morgan fingerprint density at radius 2 is 2.04 bits per heavy atom. The summed E-state index contributed by atoms with van der Waals surface area (Å²) in [5.74, 6) is 0.879. The Hall–Kier alpha value is -2.59. The summed E-state index contributed by atoms with van der Waals surface area (Å²) >= 11 is 1.60. The second-order valence-corrected chi connectivity index (χ2v) is 6.85. The number of alkyl halides is 2. The summed E-state index contributed by atoms with van der Waals surface area (Å²) in [6.07, 6.45) is 0. The van der Waals surface area contributed by atoms with Crippen molar-refractivity contribution in [1.29, 1.82) is 0 Å². The summed E-state index contributed by atoms with van der Waals surface area (Å²) in [4.78, 5) is 10.8. The Labute approximate surface area is 158 Å². The minimum Gasteiger partial charge on any atom is -0.493 e. The Kier molecular flexibility index (Phi) is 5.97. The highest BCUT2D eigenvalue weighted by Gasteiger charge is 2.16. The van der Waals surface area contributed by atoms with Crippen molar-refractivity contribution in [2.75, 3.05) is 14.2 Å². The predicted molar refractivity (Wildman–Crippen MR) is 94.9 cm³/mol. The fourth-order valence-corrected chi connectivity index (χ4v) is 3.08. The van der Waals surface area contributed by atoms with E-state index in [9.17, 15) is 8.78 Å². The van der Waals surface area contributed by atoms with E-state index in [1.165, 1.54) is 19.2 Å². The lowest BCUT2D eigenvalue weighted by Gasteiger charge is -2.11. The highest BCUT2D eigenvalue weighted by molar-refractivity contribution is 7.09. The summed E-state index contributed by atoms with van der Waals surface area (Å²) in [6, 6.07) is 4.47. The maximum atomic E-state index is 12.4. The molecule has 0 saturated carbocycles. The zero-order valence-corrected chi connectivity index (χ0v) is 15.8. The van der Waals surface area contributed by atoms with Crippen molar-refractivity contribution < 1.29 is 22.8 Å². The van der Waals surface area contributed by atoms with E-state index in [1.54, 1.807) is 17.4 Å². The second-order valence-electron chi connectivity index (χ2n) is 5.79. The minimum absolute atomic E-state index is 0.0572. The molecule has 0 fully saturated rings. The molecule has 0 amide bonds. The third-order valence-corrected chi connectivity index (χ3v) is 4.43. The topological polar surface area (TPSA) is 73.5 Å². The van der Waals surface area contributed by atoms with Gasteiger partial charge in [0, 0.05) is 17.5 Å². The predicted octanol–water partition coefficient (Wildman–Crippen LogP) is 3.74. The zero-order valence-electron chi connectivity index (χ0n) is 15.0. The van der Waals surface area contributed by atoms with Gasteiger partial charge < -0.3 is 14.0 Å². The number of aryl methyl sites for hydroxylation is 1. The number of halogens is 2. The largest absolute Gasteiger partial charge is 0.493 e. The van der Waals surface area contributed by atoms with Crippen molar-refractivity contribution in [3.05, 3.63) is 40.2 Å². The first kappa shape index (κ1) is 19.2. The molecule has 7 nitrogen and oxygen atoms in total. The summed E-state index contributed by atoms with van der Waals surface area (Å²) in [5.41, 5.74) is 1.56. The van der Waals surface area contributed by atoms with Gasteiger partial charge in [-0.05, 0) is 32.2 Å². The molecule has 0 spiro atoms. The number of hydrogen-bond acceptors (Lipinski definition) is 8. The molecule has 0 aliphatic heterocycles. The van der Waals surface area contributed by atoms with Crippen LogP contribution in [0.3, 0.4) is 0 Å². The van der Waals surface area contributed by atoms with Gasteiger partial charge in [0.1, 0.15) is 0 Å². The zero-order chi connectivity index (χ0) is 19.4. The SMILES string of the molecule is COc1cc(-c2noc(CN(C)Cc3csc(C)n3)n2)ccc1OC(F)F. The number of benzene rings is 1. The van der Waals surface area contributed by atoms with Crippen LogP contribution < -0.4 is 9.47 Å². The number of rotatable bonds is 8. The van der Waals surface area contributed by atoms with Gasteiger partial charge in [0.05, 0.1) is 24.4 Å². The van der Waals surface area contributed by atoms with E-state index < -0.39 is 6.61 Å². The van der Waals surface area contributed by atoms with Crippen molar-refractivity contribution >= 4 is 11.3 Å². The van der Waals surface area contributed by atoms with E-state index in [1.807, 2.05) is 24.3 Å². The molecule has 0 atom stereocenters. The maximum absolute atomic E-state index is 12.4. The van der Waals surface area contributed by atoms with Gasteiger partial charge in [0.15, 0.2) is 11.5 Å². The number of ether oxygens (including phenoxy) is 2. The summed E-state index contributed by atoms with van der Waals surface area (Å²) in [5, 5.41) is 6.98. The summed E-state index contributed by atoms with van der Waals surface area (Å²) in [6.45, 7) is 0.145. The van der Waals surface area contributed by atoms with E-state index in [4.69, 9.17) is 9.26 Å². The first-order valence-corrected chi connectivity index (χ1v) is 8.88. The molecule has 3 aromatic rings. The maximum Gasteiger partial charge on any atom is 0.387 e. The molecule has 0 unspecified atom stereocenters. The lowest BCUT2D eigenvalue weighted by Crippen LogP contribution is -2.17. The number of aromatic nitrogens is 3. The monoisotopic (exact) mass is 396 g/mol. The first-order chi connectivity index (χ1) is 12.9. The van der Waals surface area contributed by atoms with Crippen LogP contribution in [0.5, 0.6) is 11.5 Å². The smallest absolute Gasteiger partial charge is 0.387 e. The molecule has 0 aliphatic carbocycles. The van der Waals surface area contributed by atoms with Crippen molar-refractivity contribution in [2.45, 2.75) is 26.6 Å². The Morgan fingerprint density at radius 1 is 1.22 bits per heavy atom. The first-order valence-electron chi connectivity index (χ1n) is 8.00. The quantitative estimate of drug-likeness (QED) is 0.574. The average Bonchev–Trinajstić information content (AvgIpc) is 3.24. The molecule has 27 heavy (non-hydrogen) atoms. The third-order valence-electron chi connectivity index (χ3n) is 3.61. The van der Waals surface area contributed by atoms with Crippen molar-refractivity contribution in [3.63, 3.8) is 0 Å². The number of hydrogen-bond donors (Lipinski definition) is 0. The molecule has 2 heterocycles. The second kappa shape index (κ2) is 8.40. The molecule has 0 N–H and O–H groups in total. The molecule has 0 radical (unpaired) electrons. The summed E-state index contributed by atoms with van der Waals surface area (Å²) < 4.78 is 39.6. The van der Waals surface area contributed by atoms with Crippen molar-refractivity contribution in [3.8, 4) is 22.9 Å². The van der Waals surface area contributed by atoms with E-state index in [-0.39, 0.29) is 11.5 Å². The minimum atomic E-state index is -2.93. The van der Waals surface area contributed by atoms with E-state index in [0.29, 0.717) is 30.4 Å². The van der Waals surface area contributed by atoms with Gasteiger partial charge in [-0.15, -0.1) is 11.3 Å². The molecule has 144 valence electrons. The van der Waals surface area contributed by atoms with Crippen LogP contribution in [0.2, 0.25) is 0 Å². The van der Waals surface area contributed by atoms with Gasteiger partial charge in [0.25, 0.3) is 0 Å². The Balaban J connectivity index is 1.69. The van der Waals surface area contributed by atoms with E-state index in [2.05, 4.69) is 19.9 Å². The van der Waals surface area contributed by atoms with Crippen LogP contribution in [0, 0.1) is 6.92 Å². The van der Waals surface area contributed by atoms with Crippen LogP contribution in [-0.2, 0) is 13.1 Å². The fourth-order valence-electron chi connectivity index (χ4n) is 2.48. The van der Waals surface area contributed by atoms with Gasteiger partial charge in [0.2, 0.25) is 11.7 Å². The van der Waals surface area contributed by atoms with E-state index in [0.717, 1.165) is 10.7 Å². The van der Waals surface area contributed by atoms with Crippen LogP contribution in [0.25, 0.3) is 11.4 Å². The number of thiazole rings is 1. The van der Waals surface area contributed by atoms with Crippen molar-refractivity contribution in [1.82, 2.24) is 20.0 Å². The average molecular weight is 396 g/mol. The lowest BCUT2D eigenvalue weighted by atomic mass is 10.2. The van der Waals surface area contributed by atoms with Crippen LogP contribution in [0.1, 0.15) is 16.6 Å². The fraction of sp³-hybridized carbons (Fsp3) is 0.353. The molecule has 0 saturated heterocycles. The molecular formula is C17H18F2N4O3S. The van der Waals surface area contributed by atoms with Crippen LogP contribution in [0.15, 0.2) is 28.1 Å². The van der Waals surface area contributed by atoms with Gasteiger partial charge >= 0.3 is 6.61 Å². The van der Waals surface area contributed by atoms with Crippen LogP contribution in [-0.4, -0.2) is 40.8 Å². The Morgan fingerprint density at radius 3 is 2.70 bits per heavy atom. The third kappa shape index (κ3) is 4.98. The standard InChI is InChI=1S/C17H18F2N4O3S/c1-10-20-12(9-27-10)7-23(2)8-15-21-16(22-26-15)11-4-5-13(25-17(18)19)14(6-11)24-3/h4-6,9,17H,7-8H2,1-3H3. The van der Waals surface area contributed by atoms with Crippen molar-refractivity contribution in [2.24, 2.45) is 0 Å². The molecule has 0 aliphatic rings.